The number of hydrogen-bond donors (Lipinski definition) is 0. The van der Waals surface area contributed by atoms with Crippen LogP contribution in [0.15, 0.2) is 128 Å². The summed E-state index contributed by atoms with van der Waals surface area (Å²) in [6.45, 7) is 24.7. The zero-order chi connectivity index (χ0) is 43.4. The number of benzene rings is 6. The zero-order valence-corrected chi connectivity index (χ0v) is 38.5. The first-order chi connectivity index (χ1) is 29.1. The van der Waals surface area contributed by atoms with Gasteiger partial charge in [-0.3, -0.25) is 0 Å². The summed E-state index contributed by atoms with van der Waals surface area (Å²) in [4.78, 5) is 0. The molecule has 2 aromatic heterocycles. The Labute approximate surface area is 364 Å². The maximum atomic E-state index is 2.43. The van der Waals surface area contributed by atoms with E-state index in [9.17, 15) is 0 Å². The molecule has 0 aliphatic heterocycles. The Morgan fingerprint density at radius 2 is 0.689 bits per heavy atom. The highest BCUT2D eigenvalue weighted by Gasteiger charge is 2.23. The highest BCUT2D eigenvalue weighted by atomic mass is 14.9. The Balaban J connectivity index is 1.24. The number of aromatic nitrogens is 2. The fraction of sp³-hybridized carbons (Fsp3) is 0.220. The fourth-order valence-corrected chi connectivity index (χ4v) is 9.90. The van der Waals surface area contributed by atoms with Gasteiger partial charge in [-0.05, 0) is 200 Å². The van der Waals surface area contributed by atoms with Crippen LogP contribution in [0.3, 0.4) is 0 Å². The minimum absolute atomic E-state index is 1.22. The van der Waals surface area contributed by atoms with Gasteiger partial charge in [-0.1, -0.05) is 84.9 Å². The zero-order valence-electron chi connectivity index (χ0n) is 38.5. The van der Waals surface area contributed by atoms with Crippen LogP contribution in [0.5, 0.6) is 0 Å². The predicted molar refractivity (Wildman–Crippen MR) is 259 cm³/mol. The number of hydrogen-bond acceptors (Lipinski definition) is 0. The van der Waals surface area contributed by atoms with Gasteiger partial charge in [-0.25, -0.2) is 9.13 Å². The molecule has 2 nitrogen and oxygen atoms in total. The molecule has 0 aliphatic rings. The Bertz CT molecular complexity index is 3050. The van der Waals surface area contributed by atoms with Crippen molar-refractivity contribution in [1.29, 1.82) is 0 Å². The summed E-state index contributed by atoms with van der Waals surface area (Å²) in [5.41, 5.74) is 31.9. The van der Waals surface area contributed by atoms with E-state index >= 15 is 0 Å². The van der Waals surface area contributed by atoms with Gasteiger partial charge in [0.2, 0.25) is 11.4 Å². The molecule has 0 unspecified atom stereocenters. The molecule has 8 aromatic rings. The first-order valence-electron chi connectivity index (χ1n) is 21.7. The van der Waals surface area contributed by atoms with Crippen molar-refractivity contribution in [2.45, 2.75) is 76.2 Å². The van der Waals surface area contributed by atoms with Crippen LogP contribution >= 0.6 is 0 Å². The van der Waals surface area contributed by atoms with E-state index in [1.54, 1.807) is 0 Å². The first kappa shape index (κ1) is 41.4. The van der Waals surface area contributed by atoms with Crippen molar-refractivity contribution < 1.29 is 9.13 Å². The number of pyridine rings is 2. The largest absolute Gasteiger partial charge is 0.213 e. The highest BCUT2D eigenvalue weighted by molar-refractivity contribution is 5.87. The molecular weight excluding hydrogens is 737 g/mol. The van der Waals surface area contributed by atoms with Crippen molar-refractivity contribution in [2.75, 3.05) is 0 Å². The molecule has 0 fully saturated rings. The van der Waals surface area contributed by atoms with Gasteiger partial charge in [0.15, 0.2) is 12.4 Å². The molecule has 0 saturated heterocycles. The first-order valence-corrected chi connectivity index (χ1v) is 21.7. The van der Waals surface area contributed by atoms with E-state index in [0.717, 1.165) is 0 Å². The molecule has 8 rings (SSSR count). The number of aryl methyl sites for hydroxylation is 12. The second kappa shape index (κ2) is 16.2. The van der Waals surface area contributed by atoms with Gasteiger partial charge in [-0.15, -0.1) is 0 Å². The van der Waals surface area contributed by atoms with Gasteiger partial charge in [-0.2, -0.15) is 0 Å². The molecule has 0 bridgehead atoms. The topological polar surface area (TPSA) is 7.76 Å². The summed E-state index contributed by atoms with van der Waals surface area (Å²) in [5.74, 6) is 0. The Morgan fingerprint density at radius 3 is 1.23 bits per heavy atom. The van der Waals surface area contributed by atoms with Crippen molar-refractivity contribution in [2.24, 2.45) is 14.1 Å². The van der Waals surface area contributed by atoms with Crippen molar-refractivity contribution in [3.8, 4) is 78.1 Å². The van der Waals surface area contributed by atoms with Crippen LogP contribution in [0.4, 0.5) is 0 Å². The third-order valence-corrected chi connectivity index (χ3v) is 13.3. The third-order valence-electron chi connectivity index (χ3n) is 13.3. The van der Waals surface area contributed by atoms with E-state index in [1.165, 1.54) is 139 Å². The van der Waals surface area contributed by atoms with Crippen LogP contribution in [0.2, 0.25) is 0 Å². The third kappa shape index (κ3) is 7.54. The highest BCUT2D eigenvalue weighted by Crippen LogP contribution is 2.41. The average Bonchev–Trinajstić information content (AvgIpc) is 3.21. The number of nitrogens with zero attached hydrogens (tertiary/aromatic N) is 2. The van der Waals surface area contributed by atoms with Crippen molar-refractivity contribution in [1.82, 2.24) is 0 Å². The fourth-order valence-electron chi connectivity index (χ4n) is 9.90. The second-order valence-electron chi connectivity index (χ2n) is 17.8. The van der Waals surface area contributed by atoms with Crippen LogP contribution in [0, 0.1) is 76.2 Å². The summed E-state index contributed by atoms with van der Waals surface area (Å²) >= 11 is 0. The summed E-state index contributed by atoms with van der Waals surface area (Å²) < 4.78 is 4.59. The standard InChI is InChI=1S/C59H60N2/c1-35-18-14-16-20-47(35)51-29-54(41(7)26-39(51)5)58-32-56(44(10)34-61(58)13)59-38(4)23-25-49(45(59)11)46-24-22-37(3)50(28-46)52-30-55(42(8)27-40(52)6)57-31-53(43(9)33-60(57)12)48-21-17-15-19-36(48)2/h14-34H,1-13H3/q+2. The molecular formula is C59H60N2+2. The normalized spacial score (nSPS) is 11.4. The lowest BCUT2D eigenvalue weighted by molar-refractivity contribution is -0.660. The van der Waals surface area contributed by atoms with Crippen LogP contribution in [0.25, 0.3) is 78.1 Å². The van der Waals surface area contributed by atoms with Crippen LogP contribution in [0.1, 0.15) is 61.2 Å². The van der Waals surface area contributed by atoms with E-state index in [4.69, 9.17) is 0 Å². The van der Waals surface area contributed by atoms with Gasteiger partial charge in [0.05, 0.1) is 0 Å². The van der Waals surface area contributed by atoms with Gasteiger partial charge >= 0.3 is 0 Å². The molecule has 6 aromatic carbocycles. The SMILES string of the molecule is Cc1ccccc1-c1cc(-c2cc(-c3c(C)ccc(-c4ccc(C)c(-c5cc(-c6cc(-c7ccccc7C)c(C)c[n+]6C)c(C)cc5C)c4)c3C)c(C)c[n+]2C)c(C)cc1C. The molecule has 304 valence electrons. The van der Waals surface area contributed by atoms with Gasteiger partial charge in [0.25, 0.3) is 0 Å². The second-order valence-corrected chi connectivity index (χ2v) is 17.8. The van der Waals surface area contributed by atoms with E-state index in [1.807, 2.05) is 0 Å². The molecule has 0 saturated carbocycles. The minimum atomic E-state index is 1.22. The maximum Gasteiger partial charge on any atom is 0.213 e. The van der Waals surface area contributed by atoms with E-state index < -0.39 is 0 Å². The molecule has 2 heterocycles. The lowest BCUT2D eigenvalue weighted by Gasteiger charge is -2.19. The monoisotopic (exact) mass is 796 g/mol. The predicted octanol–water partition coefficient (Wildman–Crippen LogP) is 14.4. The van der Waals surface area contributed by atoms with Gasteiger partial charge in [0.1, 0.15) is 14.1 Å². The Morgan fingerprint density at radius 1 is 0.279 bits per heavy atom. The summed E-state index contributed by atoms with van der Waals surface area (Å²) in [6.07, 6.45) is 4.59. The molecule has 0 radical (unpaired) electrons. The van der Waals surface area contributed by atoms with E-state index in [-0.39, 0.29) is 0 Å². The van der Waals surface area contributed by atoms with Crippen molar-refractivity contribution >= 4 is 0 Å². The van der Waals surface area contributed by atoms with E-state index in [2.05, 4.69) is 227 Å². The molecule has 2 heteroatoms. The lowest BCUT2D eigenvalue weighted by atomic mass is 9.85. The summed E-state index contributed by atoms with van der Waals surface area (Å²) in [7, 11) is 4.36. The molecule has 0 spiro atoms. The summed E-state index contributed by atoms with van der Waals surface area (Å²) in [5, 5.41) is 0. The summed E-state index contributed by atoms with van der Waals surface area (Å²) in [6, 6.07) is 43.5. The molecule has 0 amide bonds. The van der Waals surface area contributed by atoms with Crippen LogP contribution in [-0.4, -0.2) is 0 Å². The molecule has 0 N–H and O–H groups in total. The van der Waals surface area contributed by atoms with Crippen molar-refractivity contribution in [3.63, 3.8) is 0 Å². The number of rotatable bonds is 7. The van der Waals surface area contributed by atoms with Crippen molar-refractivity contribution in [3.05, 3.63) is 189 Å². The van der Waals surface area contributed by atoms with Gasteiger partial charge in [0, 0.05) is 34.4 Å². The Hall–Kier alpha value is -6.38. The van der Waals surface area contributed by atoms with Gasteiger partial charge < -0.3 is 0 Å². The quantitative estimate of drug-likeness (QED) is 0.142. The van der Waals surface area contributed by atoms with Crippen LogP contribution < -0.4 is 9.13 Å². The average molecular weight is 797 g/mol. The van der Waals surface area contributed by atoms with E-state index in [0.29, 0.717) is 0 Å². The smallest absolute Gasteiger partial charge is 0.201 e. The minimum Gasteiger partial charge on any atom is -0.201 e. The molecule has 0 aliphatic carbocycles. The molecule has 0 atom stereocenters. The lowest BCUT2D eigenvalue weighted by Crippen LogP contribution is -2.31. The molecule has 61 heavy (non-hydrogen) atoms. The maximum absolute atomic E-state index is 2.43. The Kier molecular flexibility index (Phi) is 11.0. The van der Waals surface area contributed by atoms with Crippen LogP contribution in [-0.2, 0) is 14.1 Å².